The van der Waals surface area contributed by atoms with Gasteiger partial charge in [0, 0.05) is 7.11 Å². The Hall–Kier alpha value is 0.500. The molecule has 4 heteroatoms. The molecule has 1 saturated heterocycles. The van der Waals surface area contributed by atoms with Crippen molar-refractivity contribution in [3.8, 4) is 0 Å². The predicted octanol–water partition coefficient (Wildman–Crippen LogP) is 1.98. The molecule has 1 aliphatic heterocycles. The average Bonchev–Trinajstić information content (AvgIpc) is 1.95. The molecule has 0 radical (unpaired) electrons. The van der Waals surface area contributed by atoms with Crippen LogP contribution in [0.25, 0.3) is 0 Å². The maximum atomic E-state index is 6.10. The summed E-state index contributed by atoms with van der Waals surface area (Å²) in [6, 6.07) is 0. The minimum atomic E-state index is -0.402. The lowest BCUT2D eigenvalue weighted by Crippen LogP contribution is -2.46. The van der Waals surface area contributed by atoms with Crippen molar-refractivity contribution in [3.63, 3.8) is 0 Å². The summed E-state index contributed by atoms with van der Waals surface area (Å²) in [4.78, 5) is -0.402. The normalized spacial score (nSPS) is 45.8. The van der Waals surface area contributed by atoms with Crippen LogP contribution < -0.4 is 0 Å². The maximum Gasteiger partial charge on any atom is 0.175 e. The topological polar surface area (TPSA) is 18.5 Å². The van der Waals surface area contributed by atoms with Crippen LogP contribution >= 0.6 is 23.2 Å². The van der Waals surface area contributed by atoms with Gasteiger partial charge in [0.2, 0.25) is 0 Å². The van der Waals surface area contributed by atoms with E-state index >= 15 is 0 Å². The van der Waals surface area contributed by atoms with Crippen molar-refractivity contribution in [3.05, 3.63) is 0 Å². The van der Waals surface area contributed by atoms with E-state index in [1.165, 1.54) is 0 Å². The largest absolute Gasteiger partial charge is 0.354 e. The Balaban J connectivity index is 2.60. The first-order valence-electron chi connectivity index (χ1n) is 3.55. The van der Waals surface area contributed by atoms with Gasteiger partial charge in [0.25, 0.3) is 0 Å². The van der Waals surface area contributed by atoms with Gasteiger partial charge in [-0.3, -0.25) is 0 Å². The summed E-state index contributed by atoms with van der Waals surface area (Å²) in [7, 11) is 1.57. The Bertz CT molecular complexity index is 138. The van der Waals surface area contributed by atoms with Gasteiger partial charge in [0.1, 0.15) is 5.38 Å². The van der Waals surface area contributed by atoms with Crippen molar-refractivity contribution in [2.75, 3.05) is 13.7 Å². The number of alkyl halides is 2. The summed E-state index contributed by atoms with van der Waals surface area (Å²) in [5.41, 5.74) is 0. The fourth-order valence-electron chi connectivity index (χ4n) is 1.07. The lowest BCUT2D eigenvalue weighted by atomic mass is 10.0. The second kappa shape index (κ2) is 3.48. The molecule has 3 atom stereocenters. The highest BCUT2D eigenvalue weighted by atomic mass is 35.5. The van der Waals surface area contributed by atoms with E-state index in [-0.39, 0.29) is 11.7 Å². The predicted molar refractivity (Wildman–Crippen MR) is 45.3 cm³/mol. The first kappa shape index (κ1) is 9.59. The molecule has 0 aliphatic carbocycles. The smallest absolute Gasteiger partial charge is 0.175 e. The summed E-state index contributed by atoms with van der Waals surface area (Å²) in [5.74, 6) is 0. The van der Waals surface area contributed by atoms with E-state index in [0.29, 0.717) is 6.61 Å². The van der Waals surface area contributed by atoms with E-state index in [1.54, 1.807) is 7.11 Å². The highest BCUT2D eigenvalue weighted by Gasteiger charge is 2.40. The molecular weight excluding hydrogens is 187 g/mol. The van der Waals surface area contributed by atoms with Gasteiger partial charge < -0.3 is 9.47 Å². The molecule has 1 rings (SSSR count). The molecule has 0 aromatic heterocycles. The summed E-state index contributed by atoms with van der Waals surface area (Å²) >= 11 is 12.1. The van der Waals surface area contributed by atoms with Crippen molar-refractivity contribution in [1.82, 2.24) is 0 Å². The first-order chi connectivity index (χ1) is 5.08. The minimum Gasteiger partial charge on any atom is -0.354 e. The molecule has 11 heavy (non-hydrogen) atoms. The van der Waals surface area contributed by atoms with Gasteiger partial charge in [-0.15, -0.1) is 23.2 Å². The molecule has 0 aromatic rings. The molecule has 0 spiro atoms. The maximum absolute atomic E-state index is 6.10. The quantitative estimate of drug-likeness (QED) is 0.601. The summed E-state index contributed by atoms with van der Waals surface area (Å²) in [5, 5.41) is -0.275. The molecule has 0 unspecified atom stereocenters. The van der Waals surface area contributed by atoms with Gasteiger partial charge in [-0.05, 0) is 13.3 Å². The van der Waals surface area contributed by atoms with Crippen molar-refractivity contribution < 1.29 is 9.47 Å². The number of rotatable bonds is 1. The lowest BCUT2D eigenvalue weighted by Gasteiger charge is -2.37. The Morgan fingerprint density at radius 2 is 2.27 bits per heavy atom. The monoisotopic (exact) mass is 198 g/mol. The van der Waals surface area contributed by atoms with E-state index in [2.05, 4.69) is 0 Å². The van der Waals surface area contributed by atoms with Crippen LogP contribution in [0, 0.1) is 0 Å². The molecule has 0 aromatic carbocycles. The molecule has 1 fully saturated rings. The highest BCUT2D eigenvalue weighted by molar-refractivity contribution is 6.32. The molecule has 1 heterocycles. The molecule has 0 bridgehead atoms. The first-order valence-corrected chi connectivity index (χ1v) is 4.37. The van der Waals surface area contributed by atoms with Crippen LogP contribution in [0.4, 0.5) is 0 Å². The van der Waals surface area contributed by atoms with Crippen molar-refractivity contribution in [1.29, 1.82) is 0 Å². The number of ether oxygens (including phenoxy) is 2. The standard InChI is InChI=1S/C7H12Cl2O2/c1-7(9)3-4-11-6(10-2)5(7)8/h5-6H,3-4H2,1-2H3/t5-,6+,7-/m1/s1. The van der Waals surface area contributed by atoms with Crippen LogP contribution in [0.5, 0.6) is 0 Å². The van der Waals surface area contributed by atoms with Crippen LogP contribution in [-0.4, -0.2) is 30.3 Å². The van der Waals surface area contributed by atoms with E-state index in [9.17, 15) is 0 Å². The second-order valence-corrected chi connectivity index (χ2v) is 4.24. The zero-order valence-corrected chi connectivity index (χ0v) is 8.15. The van der Waals surface area contributed by atoms with E-state index < -0.39 is 4.87 Å². The van der Waals surface area contributed by atoms with Gasteiger partial charge in [0.15, 0.2) is 6.29 Å². The lowest BCUT2D eigenvalue weighted by molar-refractivity contribution is -0.149. The molecule has 0 amide bonds. The van der Waals surface area contributed by atoms with E-state index in [4.69, 9.17) is 32.7 Å². The SMILES string of the molecule is CO[C@H]1OCC[C@@](C)(Cl)[C@@H]1Cl. The average molecular weight is 199 g/mol. The van der Waals surface area contributed by atoms with E-state index in [1.807, 2.05) is 6.92 Å². The van der Waals surface area contributed by atoms with E-state index in [0.717, 1.165) is 6.42 Å². The third-order valence-corrected chi connectivity index (χ3v) is 3.14. The number of methoxy groups -OCH3 is 1. The number of halogens is 2. The fraction of sp³-hybridized carbons (Fsp3) is 1.00. The van der Waals surface area contributed by atoms with Crippen LogP contribution in [0.1, 0.15) is 13.3 Å². The zero-order chi connectivity index (χ0) is 8.48. The van der Waals surface area contributed by atoms with Crippen molar-refractivity contribution in [2.45, 2.75) is 29.9 Å². The van der Waals surface area contributed by atoms with Crippen molar-refractivity contribution >= 4 is 23.2 Å². The molecule has 0 saturated carbocycles. The van der Waals surface area contributed by atoms with Gasteiger partial charge >= 0.3 is 0 Å². The summed E-state index contributed by atoms with van der Waals surface area (Å²) < 4.78 is 10.2. The Labute approximate surface area is 76.8 Å². The summed E-state index contributed by atoms with van der Waals surface area (Å²) in [6.45, 7) is 2.52. The Morgan fingerprint density at radius 1 is 1.64 bits per heavy atom. The third kappa shape index (κ3) is 2.00. The molecular formula is C7H12Cl2O2. The number of hydrogen-bond donors (Lipinski definition) is 0. The third-order valence-electron chi connectivity index (χ3n) is 1.92. The van der Waals surface area contributed by atoms with Crippen molar-refractivity contribution in [2.24, 2.45) is 0 Å². The second-order valence-electron chi connectivity index (χ2n) is 2.90. The molecule has 2 nitrogen and oxygen atoms in total. The van der Waals surface area contributed by atoms with Gasteiger partial charge in [0.05, 0.1) is 11.5 Å². The van der Waals surface area contributed by atoms with Gasteiger partial charge in [-0.1, -0.05) is 0 Å². The van der Waals surface area contributed by atoms with Crippen LogP contribution in [0.15, 0.2) is 0 Å². The van der Waals surface area contributed by atoms with Gasteiger partial charge in [-0.25, -0.2) is 0 Å². The fourth-order valence-corrected chi connectivity index (χ4v) is 1.53. The molecule has 1 aliphatic rings. The molecule has 66 valence electrons. The Morgan fingerprint density at radius 3 is 2.73 bits per heavy atom. The summed E-state index contributed by atoms with van der Waals surface area (Å²) in [6.07, 6.45) is 0.399. The minimum absolute atomic E-state index is 0.275. The molecule has 0 N–H and O–H groups in total. The highest BCUT2D eigenvalue weighted by Crippen LogP contribution is 2.35. The Kier molecular flexibility index (Phi) is 3.03. The van der Waals surface area contributed by atoms with Crippen LogP contribution in [0.3, 0.4) is 0 Å². The van der Waals surface area contributed by atoms with Crippen LogP contribution in [0.2, 0.25) is 0 Å². The van der Waals surface area contributed by atoms with Crippen LogP contribution in [-0.2, 0) is 9.47 Å². The number of hydrogen-bond acceptors (Lipinski definition) is 2. The zero-order valence-electron chi connectivity index (χ0n) is 6.64. The van der Waals surface area contributed by atoms with Gasteiger partial charge in [-0.2, -0.15) is 0 Å².